The van der Waals surface area contributed by atoms with E-state index in [4.69, 9.17) is 23.7 Å². The van der Waals surface area contributed by atoms with Gasteiger partial charge in [-0.25, -0.2) is 8.42 Å². The molecule has 0 N–H and O–H groups in total. The molecule has 32 heavy (non-hydrogen) atoms. The number of sulfonamides is 1. The van der Waals surface area contributed by atoms with Gasteiger partial charge < -0.3 is 23.7 Å². The van der Waals surface area contributed by atoms with Crippen molar-refractivity contribution >= 4 is 16.1 Å². The van der Waals surface area contributed by atoms with Gasteiger partial charge in [0.15, 0.2) is 11.6 Å². The van der Waals surface area contributed by atoms with E-state index in [1.165, 1.54) is 9.71 Å². The highest BCUT2D eigenvalue weighted by Crippen LogP contribution is 2.32. The molecule has 0 amide bonds. The van der Waals surface area contributed by atoms with Crippen LogP contribution in [0.4, 0.5) is 0 Å². The van der Waals surface area contributed by atoms with Gasteiger partial charge in [-0.15, -0.1) is 0 Å². The second-order valence-electron chi connectivity index (χ2n) is 8.96. The van der Waals surface area contributed by atoms with Crippen molar-refractivity contribution in [3.8, 4) is 5.75 Å². The van der Waals surface area contributed by atoms with Crippen molar-refractivity contribution in [1.82, 2.24) is 4.31 Å². The summed E-state index contributed by atoms with van der Waals surface area (Å²) in [7, 11) is -3.50. The molecule has 8 nitrogen and oxygen atoms in total. The van der Waals surface area contributed by atoms with Crippen LogP contribution in [0.25, 0.3) is 6.08 Å². The first-order chi connectivity index (χ1) is 15.2. The molecule has 1 unspecified atom stereocenters. The lowest BCUT2D eigenvalue weighted by Gasteiger charge is -2.36. The van der Waals surface area contributed by atoms with E-state index in [1.807, 2.05) is 39.0 Å². The Kier molecular flexibility index (Phi) is 6.95. The van der Waals surface area contributed by atoms with Gasteiger partial charge in [0.2, 0.25) is 10.0 Å². The van der Waals surface area contributed by atoms with Gasteiger partial charge in [0.1, 0.15) is 5.75 Å². The molecule has 1 atom stereocenters. The van der Waals surface area contributed by atoms with Gasteiger partial charge in [-0.2, -0.15) is 4.31 Å². The van der Waals surface area contributed by atoms with E-state index >= 15 is 0 Å². The van der Waals surface area contributed by atoms with Gasteiger partial charge in [0, 0.05) is 37.8 Å². The normalized spacial score (nSPS) is 25.7. The quantitative estimate of drug-likeness (QED) is 0.609. The van der Waals surface area contributed by atoms with Gasteiger partial charge >= 0.3 is 0 Å². The van der Waals surface area contributed by atoms with Crippen LogP contribution in [0.1, 0.15) is 44.2 Å². The van der Waals surface area contributed by atoms with Crippen molar-refractivity contribution in [3.63, 3.8) is 0 Å². The molecule has 3 heterocycles. The molecule has 0 aliphatic carbocycles. The summed E-state index contributed by atoms with van der Waals surface area (Å²) < 4.78 is 55.6. The molecule has 3 saturated heterocycles. The van der Waals surface area contributed by atoms with Crippen molar-refractivity contribution < 1.29 is 32.1 Å². The van der Waals surface area contributed by atoms with E-state index in [1.54, 1.807) is 6.08 Å². The van der Waals surface area contributed by atoms with Gasteiger partial charge in [-0.3, -0.25) is 0 Å². The molecule has 3 aliphatic heterocycles. The molecule has 9 heteroatoms. The Bertz CT molecular complexity index is 928. The van der Waals surface area contributed by atoms with Crippen LogP contribution in [0.2, 0.25) is 0 Å². The minimum absolute atomic E-state index is 0.0370. The molecule has 1 aromatic carbocycles. The molecule has 1 aromatic rings. The highest BCUT2D eigenvalue weighted by Gasteiger charge is 2.41. The molecule has 0 radical (unpaired) electrons. The predicted octanol–water partition coefficient (Wildman–Crippen LogP) is 3.05. The number of hydrogen-bond acceptors (Lipinski definition) is 7. The summed E-state index contributed by atoms with van der Waals surface area (Å²) in [4.78, 5) is 0. The fourth-order valence-corrected chi connectivity index (χ4v) is 5.43. The smallest absolute Gasteiger partial charge is 0.236 e. The highest BCUT2D eigenvalue weighted by molar-refractivity contribution is 7.92. The predicted molar refractivity (Wildman–Crippen MR) is 120 cm³/mol. The maximum absolute atomic E-state index is 12.8. The fourth-order valence-electron chi connectivity index (χ4n) is 4.25. The minimum atomic E-state index is -3.50. The third kappa shape index (κ3) is 5.70. The standard InChI is InChI=1S/C23H33NO7S/c1-18-16-20(27-12-6-21-17-30-22(2,3)31-21)5-4-19(18)7-15-32(25,26)24-10-8-23(9-11-24)28-13-14-29-23/h4-5,7,15-16,21H,6,8-14,17H2,1-3H3. The number of hydrogen-bond donors (Lipinski definition) is 0. The van der Waals surface area contributed by atoms with E-state index in [0.717, 1.165) is 23.3 Å². The van der Waals surface area contributed by atoms with Crippen molar-refractivity contribution in [2.75, 3.05) is 39.5 Å². The number of ether oxygens (including phenoxy) is 5. The first-order valence-electron chi connectivity index (χ1n) is 11.2. The van der Waals surface area contributed by atoms with Crippen LogP contribution >= 0.6 is 0 Å². The van der Waals surface area contributed by atoms with E-state index < -0.39 is 21.6 Å². The fraction of sp³-hybridized carbons (Fsp3) is 0.652. The zero-order valence-corrected chi connectivity index (χ0v) is 19.9. The van der Waals surface area contributed by atoms with E-state index in [2.05, 4.69) is 0 Å². The Balaban J connectivity index is 1.29. The van der Waals surface area contributed by atoms with E-state index in [9.17, 15) is 8.42 Å². The molecule has 1 spiro atoms. The highest BCUT2D eigenvalue weighted by atomic mass is 32.2. The zero-order valence-electron chi connectivity index (χ0n) is 19.0. The number of rotatable bonds is 7. The summed E-state index contributed by atoms with van der Waals surface area (Å²) in [5, 5.41) is 1.28. The Morgan fingerprint density at radius 3 is 2.50 bits per heavy atom. The van der Waals surface area contributed by atoms with Crippen LogP contribution in [0.5, 0.6) is 5.75 Å². The summed E-state index contributed by atoms with van der Waals surface area (Å²) in [5.41, 5.74) is 1.78. The Labute approximate surface area is 190 Å². The molecule has 3 fully saturated rings. The van der Waals surface area contributed by atoms with Gasteiger partial charge in [-0.05, 0) is 50.1 Å². The molecule has 4 rings (SSSR count). The summed E-state index contributed by atoms with van der Waals surface area (Å²) in [5.74, 6) is -0.364. The van der Waals surface area contributed by atoms with Crippen molar-refractivity contribution in [2.45, 2.75) is 57.7 Å². The Morgan fingerprint density at radius 1 is 1.16 bits per heavy atom. The van der Waals surface area contributed by atoms with Crippen LogP contribution in [0.3, 0.4) is 0 Å². The monoisotopic (exact) mass is 467 g/mol. The summed E-state index contributed by atoms with van der Waals surface area (Å²) in [6.45, 7) is 8.79. The third-order valence-corrected chi connectivity index (χ3v) is 7.66. The molecule has 0 bridgehead atoms. The summed E-state index contributed by atoms with van der Waals surface area (Å²) >= 11 is 0. The first kappa shape index (κ1) is 23.7. The topological polar surface area (TPSA) is 83.5 Å². The summed E-state index contributed by atoms with van der Waals surface area (Å²) in [6.07, 6.45) is 3.54. The van der Waals surface area contributed by atoms with Crippen molar-refractivity contribution in [2.24, 2.45) is 0 Å². The van der Waals surface area contributed by atoms with Crippen molar-refractivity contribution in [1.29, 1.82) is 0 Å². The third-order valence-electron chi connectivity index (χ3n) is 6.09. The Hall–Kier alpha value is -1.49. The lowest BCUT2D eigenvalue weighted by molar-refractivity contribution is -0.179. The average molecular weight is 468 g/mol. The Morgan fingerprint density at radius 2 is 1.88 bits per heavy atom. The molecule has 0 saturated carbocycles. The van der Waals surface area contributed by atoms with Gasteiger partial charge in [-0.1, -0.05) is 6.07 Å². The van der Waals surface area contributed by atoms with Crippen LogP contribution < -0.4 is 4.74 Å². The average Bonchev–Trinajstić information content (AvgIpc) is 3.33. The van der Waals surface area contributed by atoms with Gasteiger partial charge in [0.05, 0.1) is 32.5 Å². The van der Waals surface area contributed by atoms with Crippen molar-refractivity contribution in [3.05, 3.63) is 34.7 Å². The largest absolute Gasteiger partial charge is 0.493 e. The molecular weight excluding hydrogens is 434 g/mol. The minimum Gasteiger partial charge on any atom is -0.493 e. The first-order valence-corrected chi connectivity index (χ1v) is 12.7. The van der Waals surface area contributed by atoms with Crippen LogP contribution in [0, 0.1) is 6.92 Å². The molecule has 178 valence electrons. The SMILES string of the molecule is Cc1cc(OCCC2COC(C)(C)O2)ccc1C=CS(=O)(=O)N1CCC2(CC1)OCCO2. The number of piperidine rings is 1. The maximum atomic E-state index is 12.8. The molecular formula is C23H33NO7S. The zero-order chi connectivity index (χ0) is 22.8. The lowest BCUT2D eigenvalue weighted by Crippen LogP contribution is -2.46. The summed E-state index contributed by atoms with van der Waals surface area (Å²) in [6, 6.07) is 5.65. The van der Waals surface area contributed by atoms with E-state index in [0.29, 0.717) is 52.4 Å². The molecule has 0 aromatic heterocycles. The number of nitrogens with zero attached hydrogens (tertiary/aromatic N) is 1. The second kappa shape index (κ2) is 9.40. The lowest BCUT2D eigenvalue weighted by atomic mass is 10.1. The maximum Gasteiger partial charge on any atom is 0.236 e. The number of benzene rings is 1. The number of aryl methyl sites for hydroxylation is 1. The van der Waals surface area contributed by atoms with Crippen LogP contribution in [-0.2, 0) is 29.0 Å². The van der Waals surface area contributed by atoms with Crippen LogP contribution in [-0.4, -0.2) is 69.9 Å². The molecule has 3 aliphatic rings. The van der Waals surface area contributed by atoms with E-state index in [-0.39, 0.29) is 6.10 Å². The van der Waals surface area contributed by atoms with Gasteiger partial charge in [0.25, 0.3) is 0 Å². The van der Waals surface area contributed by atoms with Crippen LogP contribution in [0.15, 0.2) is 23.6 Å². The second-order valence-corrected chi connectivity index (χ2v) is 10.8.